The van der Waals surface area contributed by atoms with E-state index in [-0.39, 0.29) is 5.91 Å². The molecule has 1 atom stereocenters. The molecular formula is C13H16N2OS2. The molecule has 1 aromatic rings. The van der Waals surface area contributed by atoms with E-state index in [9.17, 15) is 4.79 Å². The van der Waals surface area contributed by atoms with Crippen molar-refractivity contribution in [3.05, 3.63) is 35.4 Å². The van der Waals surface area contributed by atoms with Gasteiger partial charge in [0, 0.05) is 17.4 Å². The van der Waals surface area contributed by atoms with Crippen LogP contribution < -0.4 is 11.1 Å². The molecule has 0 spiro atoms. The number of thiocarbonyl (C=S) groups is 1. The molecule has 1 unspecified atom stereocenters. The summed E-state index contributed by atoms with van der Waals surface area (Å²) >= 11 is 6.78. The van der Waals surface area contributed by atoms with Crippen molar-refractivity contribution in [2.45, 2.75) is 18.9 Å². The monoisotopic (exact) mass is 280 g/mol. The van der Waals surface area contributed by atoms with Crippen molar-refractivity contribution in [2.75, 3.05) is 11.5 Å². The summed E-state index contributed by atoms with van der Waals surface area (Å²) < 4.78 is 0. The van der Waals surface area contributed by atoms with E-state index in [1.54, 1.807) is 0 Å². The van der Waals surface area contributed by atoms with E-state index in [0.29, 0.717) is 17.5 Å². The van der Waals surface area contributed by atoms with Gasteiger partial charge in [0.1, 0.15) is 4.99 Å². The standard InChI is InChI=1S/C13H16N2OS2/c14-13(17)10-3-1-9(2-4-10)7-12(16)15-11-5-6-18-8-11/h1-4,11H,5-8H2,(H2,14,17)(H,15,16). The van der Waals surface area contributed by atoms with Crippen LogP contribution in [0.25, 0.3) is 0 Å². The van der Waals surface area contributed by atoms with Crippen LogP contribution in [-0.2, 0) is 11.2 Å². The van der Waals surface area contributed by atoms with Crippen LogP contribution in [0.15, 0.2) is 24.3 Å². The first-order valence-electron chi connectivity index (χ1n) is 5.91. The van der Waals surface area contributed by atoms with E-state index in [2.05, 4.69) is 5.32 Å². The van der Waals surface area contributed by atoms with Gasteiger partial charge in [-0.2, -0.15) is 11.8 Å². The topological polar surface area (TPSA) is 55.1 Å². The highest BCUT2D eigenvalue weighted by atomic mass is 32.2. The summed E-state index contributed by atoms with van der Waals surface area (Å²) in [5, 5.41) is 3.05. The highest BCUT2D eigenvalue weighted by Gasteiger charge is 2.17. The van der Waals surface area contributed by atoms with Crippen molar-refractivity contribution >= 4 is 34.9 Å². The quantitative estimate of drug-likeness (QED) is 0.820. The maximum absolute atomic E-state index is 11.8. The largest absolute Gasteiger partial charge is 0.389 e. The molecule has 18 heavy (non-hydrogen) atoms. The van der Waals surface area contributed by atoms with Crippen LogP contribution in [0, 0.1) is 0 Å². The number of amides is 1. The highest BCUT2D eigenvalue weighted by molar-refractivity contribution is 7.99. The first-order chi connectivity index (χ1) is 8.65. The van der Waals surface area contributed by atoms with Gasteiger partial charge in [0.15, 0.2) is 0 Å². The number of hydrogen-bond donors (Lipinski definition) is 2. The van der Waals surface area contributed by atoms with Gasteiger partial charge >= 0.3 is 0 Å². The second-order valence-corrected chi connectivity index (χ2v) is 5.96. The summed E-state index contributed by atoms with van der Waals surface area (Å²) in [6.07, 6.45) is 1.50. The smallest absolute Gasteiger partial charge is 0.224 e. The number of rotatable bonds is 4. The van der Waals surface area contributed by atoms with Crippen molar-refractivity contribution in [1.82, 2.24) is 5.32 Å². The van der Waals surface area contributed by atoms with E-state index in [0.717, 1.165) is 29.1 Å². The number of benzene rings is 1. The lowest BCUT2D eigenvalue weighted by molar-refractivity contribution is -0.120. The minimum absolute atomic E-state index is 0.0885. The maximum Gasteiger partial charge on any atom is 0.224 e. The van der Waals surface area contributed by atoms with Gasteiger partial charge in [0.25, 0.3) is 0 Å². The molecule has 3 nitrogen and oxygen atoms in total. The molecule has 1 heterocycles. The first-order valence-corrected chi connectivity index (χ1v) is 7.47. The molecule has 0 aliphatic carbocycles. The molecule has 0 bridgehead atoms. The number of nitrogens with one attached hydrogen (secondary N) is 1. The van der Waals surface area contributed by atoms with E-state index < -0.39 is 0 Å². The highest BCUT2D eigenvalue weighted by Crippen LogP contribution is 2.17. The van der Waals surface area contributed by atoms with E-state index in [1.165, 1.54) is 0 Å². The van der Waals surface area contributed by atoms with E-state index >= 15 is 0 Å². The number of hydrogen-bond acceptors (Lipinski definition) is 3. The molecule has 1 aliphatic rings. The lowest BCUT2D eigenvalue weighted by Gasteiger charge is -2.11. The van der Waals surface area contributed by atoms with Crippen LogP contribution in [0.3, 0.4) is 0 Å². The summed E-state index contributed by atoms with van der Waals surface area (Å²) in [5.41, 5.74) is 7.34. The SMILES string of the molecule is NC(=S)c1ccc(CC(=O)NC2CCSC2)cc1. The van der Waals surface area contributed by atoms with Gasteiger partial charge in [-0.3, -0.25) is 4.79 Å². The summed E-state index contributed by atoms with van der Waals surface area (Å²) in [6, 6.07) is 7.86. The normalized spacial score (nSPS) is 18.6. The third-order valence-electron chi connectivity index (χ3n) is 2.90. The molecule has 1 aliphatic heterocycles. The van der Waals surface area contributed by atoms with E-state index in [4.69, 9.17) is 18.0 Å². The Balaban J connectivity index is 1.88. The van der Waals surface area contributed by atoms with Crippen LogP contribution in [0.5, 0.6) is 0 Å². The van der Waals surface area contributed by atoms with Crippen LogP contribution in [0.1, 0.15) is 17.5 Å². The van der Waals surface area contributed by atoms with Gasteiger partial charge < -0.3 is 11.1 Å². The first kappa shape index (κ1) is 13.4. The molecule has 2 rings (SSSR count). The maximum atomic E-state index is 11.8. The fourth-order valence-corrected chi connectivity index (χ4v) is 3.19. The third-order valence-corrected chi connectivity index (χ3v) is 4.30. The molecule has 1 fully saturated rings. The Morgan fingerprint density at radius 2 is 2.17 bits per heavy atom. The van der Waals surface area contributed by atoms with Gasteiger partial charge in [-0.15, -0.1) is 0 Å². The minimum atomic E-state index is 0.0885. The number of nitrogens with two attached hydrogens (primary N) is 1. The van der Waals surface area contributed by atoms with Crippen molar-refractivity contribution in [1.29, 1.82) is 0 Å². The minimum Gasteiger partial charge on any atom is -0.389 e. The van der Waals surface area contributed by atoms with Crippen molar-refractivity contribution in [3.8, 4) is 0 Å². The van der Waals surface area contributed by atoms with Gasteiger partial charge in [0.2, 0.25) is 5.91 Å². The third kappa shape index (κ3) is 3.71. The molecule has 96 valence electrons. The van der Waals surface area contributed by atoms with Crippen LogP contribution >= 0.6 is 24.0 Å². The predicted molar refractivity (Wildman–Crippen MR) is 79.9 cm³/mol. The van der Waals surface area contributed by atoms with Crippen LogP contribution in [0.2, 0.25) is 0 Å². The molecule has 0 radical (unpaired) electrons. The molecule has 1 amide bonds. The Kier molecular flexibility index (Phi) is 4.60. The lowest BCUT2D eigenvalue weighted by atomic mass is 10.1. The molecule has 3 N–H and O–H groups in total. The van der Waals surface area contributed by atoms with E-state index in [1.807, 2.05) is 36.0 Å². The Labute approximate surface area is 117 Å². The second-order valence-electron chi connectivity index (χ2n) is 4.37. The molecule has 5 heteroatoms. The number of thioether (sulfide) groups is 1. The van der Waals surface area contributed by atoms with Crippen molar-refractivity contribution < 1.29 is 4.79 Å². The zero-order valence-electron chi connectivity index (χ0n) is 10.0. The average Bonchev–Trinajstić information content (AvgIpc) is 2.82. The van der Waals surface area contributed by atoms with Crippen molar-refractivity contribution in [2.24, 2.45) is 5.73 Å². The number of carbonyl (C=O) groups excluding carboxylic acids is 1. The van der Waals surface area contributed by atoms with Crippen LogP contribution in [0.4, 0.5) is 0 Å². The van der Waals surface area contributed by atoms with Crippen LogP contribution in [-0.4, -0.2) is 28.4 Å². The molecular weight excluding hydrogens is 264 g/mol. The lowest BCUT2D eigenvalue weighted by Crippen LogP contribution is -2.35. The second kappa shape index (κ2) is 6.20. The predicted octanol–water partition coefficient (Wildman–Crippen LogP) is 1.49. The summed E-state index contributed by atoms with van der Waals surface area (Å²) in [4.78, 5) is 12.2. The Morgan fingerprint density at radius 1 is 1.44 bits per heavy atom. The summed E-state index contributed by atoms with van der Waals surface area (Å²) in [5.74, 6) is 2.27. The summed E-state index contributed by atoms with van der Waals surface area (Å²) in [6.45, 7) is 0. The van der Waals surface area contributed by atoms with Gasteiger partial charge in [-0.1, -0.05) is 36.5 Å². The average molecular weight is 280 g/mol. The zero-order valence-corrected chi connectivity index (χ0v) is 11.7. The molecule has 1 aromatic carbocycles. The Bertz CT molecular complexity index is 439. The molecule has 0 aromatic heterocycles. The molecule has 0 saturated carbocycles. The fraction of sp³-hybridized carbons (Fsp3) is 0.385. The van der Waals surface area contributed by atoms with Crippen molar-refractivity contribution in [3.63, 3.8) is 0 Å². The van der Waals surface area contributed by atoms with Gasteiger partial charge in [0.05, 0.1) is 6.42 Å². The molecule has 1 saturated heterocycles. The van der Waals surface area contributed by atoms with Gasteiger partial charge in [-0.25, -0.2) is 0 Å². The zero-order chi connectivity index (χ0) is 13.0. The summed E-state index contributed by atoms with van der Waals surface area (Å²) in [7, 11) is 0. The fourth-order valence-electron chi connectivity index (χ4n) is 1.90. The number of carbonyl (C=O) groups is 1. The Hall–Kier alpha value is -1.07. The Morgan fingerprint density at radius 3 is 2.72 bits per heavy atom. The van der Waals surface area contributed by atoms with Gasteiger partial charge in [-0.05, 0) is 17.7 Å².